The Bertz CT molecular complexity index is 374. The summed E-state index contributed by atoms with van der Waals surface area (Å²) in [4.78, 5) is 11.0. The van der Waals surface area contributed by atoms with Crippen LogP contribution in [0, 0.1) is 6.92 Å². The van der Waals surface area contributed by atoms with Crippen LogP contribution >= 0.6 is 11.6 Å². The van der Waals surface area contributed by atoms with Crippen LogP contribution in [0.2, 0.25) is 5.02 Å². The average Bonchev–Trinajstić information content (AvgIpc) is 2.17. The lowest BCUT2D eigenvalue weighted by Crippen LogP contribution is -2.12. The van der Waals surface area contributed by atoms with Crippen LogP contribution in [-0.4, -0.2) is 12.6 Å². The minimum atomic E-state index is -0.487. The van der Waals surface area contributed by atoms with Gasteiger partial charge in [0.05, 0.1) is 6.26 Å². The van der Waals surface area contributed by atoms with E-state index in [4.69, 9.17) is 16.3 Å². The first kappa shape index (κ1) is 11.6. The Morgan fingerprint density at radius 1 is 1.60 bits per heavy atom. The standard InChI is InChI=1S/C11H11ClO3/c1-3-14-11(13)7-15-10-5-4-9(12)6-8(10)2/h3-6H,1,7H2,2H3. The number of benzene rings is 1. The van der Waals surface area contributed by atoms with Crippen molar-refractivity contribution in [2.45, 2.75) is 6.92 Å². The summed E-state index contributed by atoms with van der Waals surface area (Å²) in [6.07, 6.45) is 1.07. The number of esters is 1. The number of halogens is 1. The molecule has 0 aliphatic carbocycles. The molecule has 3 nitrogen and oxygen atoms in total. The number of carbonyl (C=O) groups is 1. The predicted molar refractivity (Wildman–Crippen MR) is 58.0 cm³/mol. The molecule has 0 saturated carbocycles. The van der Waals surface area contributed by atoms with Gasteiger partial charge >= 0.3 is 5.97 Å². The molecule has 0 aliphatic rings. The van der Waals surface area contributed by atoms with Gasteiger partial charge in [0, 0.05) is 5.02 Å². The molecule has 0 radical (unpaired) electrons. The van der Waals surface area contributed by atoms with Gasteiger partial charge in [0.2, 0.25) is 0 Å². The summed E-state index contributed by atoms with van der Waals surface area (Å²) in [5, 5.41) is 0.633. The van der Waals surface area contributed by atoms with E-state index in [9.17, 15) is 4.79 Å². The molecule has 1 aromatic carbocycles. The SMILES string of the molecule is C=COC(=O)COc1ccc(Cl)cc1C. The Kier molecular flexibility index (Phi) is 4.18. The van der Waals surface area contributed by atoms with Gasteiger partial charge in [0.15, 0.2) is 6.61 Å². The van der Waals surface area contributed by atoms with Gasteiger partial charge in [-0.05, 0) is 30.7 Å². The van der Waals surface area contributed by atoms with Gasteiger partial charge in [-0.1, -0.05) is 18.2 Å². The second kappa shape index (κ2) is 5.41. The van der Waals surface area contributed by atoms with Gasteiger partial charge in [-0.3, -0.25) is 0 Å². The summed E-state index contributed by atoms with van der Waals surface area (Å²) in [6.45, 7) is 4.97. The van der Waals surface area contributed by atoms with Crippen molar-refractivity contribution >= 4 is 17.6 Å². The van der Waals surface area contributed by atoms with Gasteiger partial charge < -0.3 is 9.47 Å². The third-order valence-corrected chi connectivity index (χ3v) is 1.93. The van der Waals surface area contributed by atoms with Gasteiger partial charge in [-0.2, -0.15) is 0 Å². The lowest BCUT2D eigenvalue weighted by Gasteiger charge is -2.07. The summed E-state index contributed by atoms with van der Waals surface area (Å²) in [7, 11) is 0. The van der Waals surface area contributed by atoms with E-state index < -0.39 is 5.97 Å². The lowest BCUT2D eigenvalue weighted by molar-refractivity contribution is -0.140. The molecule has 0 amide bonds. The maximum Gasteiger partial charge on any atom is 0.348 e. The van der Waals surface area contributed by atoms with Gasteiger partial charge in [0.1, 0.15) is 5.75 Å². The molecule has 0 bridgehead atoms. The van der Waals surface area contributed by atoms with E-state index in [1.807, 2.05) is 6.92 Å². The molecule has 0 N–H and O–H groups in total. The van der Waals surface area contributed by atoms with Crippen molar-refractivity contribution in [3.63, 3.8) is 0 Å². The van der Waals surface area contributed by atoms with Crippen molar-refractivity contribution in [2.75, 3.05) is 6.61 Å². The average molecular weight is 227 g/mol. The summed E-state index contributed by atoms with van der Waals surface area (Å²) in [5.41, 5.74) is 0.869. The van der Waals surface area contributed by atoms with E-state index >= 15 is 0 Å². The fourth-order valence-corrected chi connectivity index (χ4v) is 1.27. The fourth-order valence-electron chi connectivity index (χ4n) is 1.04. The third kappa shape index (κ3) is 3.64. The zero-order valence-corrected chi connectivity index (χ0v) is 9.08. The first-order chi connectivity index (χ1) is 7.13. The van der Waals surface area contributed by atoms with E-state index in [-0.39, 0.29) is 6.61 Å². The number of hydrogen-bond acceptors (Lipinski definition) is 3. The van der Waals surface area contributed by atoms with Crippen molar-refractivity contribution in [1.29, 1.82) is 0 Å². The first-order valence-corrected chi connectivity index (χ1v) is 4.70. The van der Waals surface area contributed by atoms with Crippen LogP contribution in [0.4, 0.5) is 0 Å². The molecule has 0 unspecified atom stereocenters. The molecular weight excluding hydrogens is 216 g/mol. The smallest absolute Gasteiger partial charge is 0.348 e. The van der Waals surface area contributed by atoms with Crippen LogP contribution in [-0.2, 0) is 9.53 Å². The van der Waals surface area contributed by atoms with Gasteiger partial charge in [-0.15, -0.1) is 0 Å². The van der Waals surface area contributed by atoms with E-state index in [0.29, 0.717) is 10.8 Å². The summed E-state index contributed by atoms with van der Waals surface area (Å²) in [5.74, 6) is 0.125. The molecule has 0 spiro atoms. The molecule has 0 heterocycles. The highest BCUT2D eigenvalue weighted by molar-refractivity contribution is 6.30. The van der Waals surface area contributed by atoms with Crippen molar-refractivity contribution in [2.24, 2.45) is 0 Å². The lowest BCUT2D eigenvalue weighted by atomic mass is 10.2. The van der Waals surface area contributed by atoms with Crippen LogP contribution in [0.5, 0.6) is 5.75 Å². The van der Waals surface area contributed by atoms with Crippen molar-refractivity contribution < 1.29 is 14.3 Å². The Morgan fingerprint density at radius 3 is 2.93 bits per heavy atom. The molecule has 0 saturated heterocycles. The first-order valence-electron chi connectivity index (χ1n) is 4.33. The Balaban J connectivity index is 2.57. The second-order valence-corrected chi connectivity index (χ2v) is 3.29. The Labute approximate surface area is 93.3 Å². The minimum absolute atomic E-state index is 0.144. The zero-order chi connectivity index (χ0) is 11.3. The Morgan fingerprint density at radius 2 is 2.33 bits per heavy atom. The predicted octanol–water partition coefficient (Wildman–Crippen LogP) is 2.71. The summed E-state index contributed by atoms with van der Waals surface area (Å²) >= 11 is 5.77. The van der Waals surface area contributed by atoms with Crippen molar-refractivity contribution in [1.82, 2.24) is 0 Å². The van der Waals surface area contributed by atoms with Crippen LogP contribution in [0.1, 0.15) is 5.56 Å². The van der Waals surface area contributed by atoms with Crippen molar-refractivity contribution in [3.05, 3.63) is 41.6 Å². The fraction of sp³-hybridized carbons (Fsp3) is 0.182. The summed E-state index contributed by atoms with van der Waals surface area (Å²) < 4.78 is 9.73. The number of carbonyl (C=O) groups excluding carboxylic acids is 1. The molecule has 0 atom stereocenters. The molecule has 1 rings (SSSR count). The van der Waals surface area contributed by atoms with Crippen LogP contribution in [0.25, 0.3) is 0 Å². The molecule has 1 aromatic rings. The molecule has 0 aromatic heterocycles. The largest absolute Gasteiger partial charge is 0.482 e. The minimum Gasteiger partial charge on any atom is -0.482 e. The molecule has 80 valence electrons. The van der Waals surface area contributed by atoms with Gasteiger partial charge in [-0.25, -0.2) is 4.79 Å². The molecule has 15 heavy (non-hydrogen) atoms. The maximum atomic E-state index is 11.0. The maximum absolute atomic E-state index is 11.0. The van der Waals surface area contributed by atoms with E-state index in [2.05, 4.69) is 11.3 Å². The molecule has 0 aliphatic heterocycles. The number of aryl methyl sites for hydroxylation is 1. The Hall–Kier alpha value is -1.48. The summed E-state index contributed by atoms with van der Waals surface area (Å²) in [6, 6.07) is 5.16. The molecule has 4 heteroatoms. The number of rotatable bonds is 4. The van der Waals surface area contributed by atoms with E-state index in [0.717, 1.165) is 11.8 Å². The van der Waals surface area contributed by atoms with E-state index in [1.54, 1.807) is 18.2 Å². The molecular formula is C11H11ClO3. The van der Waals surface area contributed by atoms with E-state index in [1.165, 1.54) is 0 Å². The third-order valence-electron chi connectivity index (χ3n) is 1.70. The normalized spacial score (nSPS) is 9.47. The van der Waals surface area contributed by atoms with Crippen LogP contribution in [0.15, 0.2) is 31.0 Å². The van der Waals surface area contributed by atoms with Crippen molar-refractivity contribution in [3.8, 4) is 5.75 Å². The van der Waals surface area contributed by atoms with Crippen LogP contribution in [0.3, 0.4) is 0 Å². The highest BCUT2D eigenvalue weighted by Crippen LogP contribution is 2.21. The number of hydrogen-bond donors (Lipinski definition) is 0. The quantitative estimate of drug-likeness (QED) is 0.585. The molecule has 0 fully saturated rings. The van der Waals surface area contributed by atoms with Crippen LogP contribution < -0.4 is 4.74 Å². The second-order valence-electron chi connectivity index (χ2n) is 2.86. The highest BCUT2D eigenvalue weighted by atomic mass is 35.5. The number of ether oxygens (including phenoxy) is 2. The topological polar surface area (TPSA) is 35.5 Å². The monoisotopic (exact) mass is 226 g/mol. The highest BCUT2D eigenvalue weighted by Gasteiger charge is 2.04. The zero-order valence-electron chi connectivity index (χ0n) is 8.33. The van der Waals surface area contributed by atoms with Gasteiger partial charge in [0.25, 0.3) is 0 Å².